The Bertz CT molecular complexity index is 335. The second-order valence-corrected chi connectivity index (χ2v) is 5.00. The molecule has 0 heterocycles. The van der Waals surface area contributed by atoms with Crippen molar-refractivity contribution in [2.45, 2.75) is 39.8 Å². The molecule has 0 fully saturated rings. The van der Waals surface area contributed by atoms with Gasteiger partial charge in [0, 0.05) is 0 Å². The minimum Gasteiger partial charge on any atom is -0.480 e. The van der Waals surface area contributed by atoms with Crippen molar-refractivity contribution >= 4 is 18.0 Å². The van der Waals surface area contributed by atoms with E-state index < -0.39 is 35.5 Å². The summed E-state index contributed by atoms with van der Waals surface area (Å²) in [4.78, 5) is 33.6. The van der Waals surface area contributed by atoms with E-state index in [-0.39, 0.29) is 0 Å². The number of methoxy groups -OCH3 is 1. The van der Waals surface area contributed by atoms with Crippen LogP contribution in [-0.4, -0.2) is 42.3 Å². The maximum atomic E-state index is 11.5. The van der Waals surface area contributed by atoms with Crippen molar-refractivity contribution in [3.05, 3.63) is 0 Å². The number of esters is 1. The average molecular weight is 260 g/mol. The largest absolute Gasteiger partial charge is 0.480 e. The number of rotatable bonds is 4. The van der Waals surface area contributed by atoms with Crippen molar-refractivity contribution < 1.29 is 24.2 Å². The summed E-state index contributed by atoms with van der Waals surface area (Å²) in [6.45, 7) is 6.51. The molecule has 3 N–H and O–H groups in total. The zero-order valence-corrected chi connectivity index (χ0v) is 11.2. The summed E-state index contributed by atoms with van der Waals surface area (Å²) >= 11 is 0. The molecule has 104 valence electrons. The molecule has 0 aliphatic carbocycles. The van der Waals surface area contributed by atoms with Gasteiger partial charge in [-0.2, -0.15) is 0 Å². The fraction of sp³-hybridized carbons (Fsp3) is 0.727. The molecule has 2 amide bonds. The van der Waals surface area contributed by atoms with Crippen LogP contribution in [0.15, 0.2) is 0 Å². The molecular formula is C11H20N2O5. The Kier molecular flexibility index (Phi) is 5.61. The Morgan fingerprint density at radius 3 is 2.00 bits per heavy atom. The number of amides is 2. The van der Waals surface area contributed by atoms with Crippen LogP contribution in [0.2, 0.25) is 0 Å². The maximum absolute atomic E-state index is 11.5. The molecule has 0 radical (unpaired) electrons. The molecule has 7 nitrogen and oxygen atoms in total. The zero-order valence-electron chi connectivity index (χ0n) is 11.2. The van der Waals surface area contributed by atoms with Crippen LogP contribution in [0.5, 0.6) is 0 Å². The summed E-state index contributed by atoms with van der Waals surface area (Å²) in [7, 11) is 1.20. The van der Waals surface area contributed by atoms with Gasteiger partial charge in [0.1, 0.15) is 12.1 Å². The lowest BCUT2D eigenvalue weighted by Crippen LogP contribution is -2.54. The SMILES string of the molecule is COC(=O)C(C)NC(=O)N[C@H](C(=O)O)C(C)(C)C. The Hall–Kier alpha value is -1.79. The van der Waals surface area contributed by atoms with Gasteiger partial charge in [-0.25, -0.2) is 14.4 Å². The number of ether oxygens (including phenoxy) is 1. The van der Waals surface area contributed by atoms with Crippen LogP contribution >= 0.6 is 0 Å². The van der Waals surface area contributed by atoms with E-state index in [1.165, 1.54) is 14.0 Å². The first kappa shape index (κ1) is 16.2. The summed E-state index contributed by atoms with van der Waals surface area (Å²) in [5, 5.41) is 13.6. The van der Waals surface area contributed by atoms with E-state index in [1.54, 1.807) is 20.8 Å². The van der Waals surface area contributed by atoms with E-state index in [0.29, 0.717) is 0 Å². The Morgan fingerprint density at radius 2 is 1.67 bits per heavy atom. The number of nitrogens with one attached hydrogen (secondary N) is 2. The van der Waals surface area contributed by atoms with Crippen LogP contribution in [0.1, 0.15) is 27.7 Å². The molecule has 0 aromatic rings. The summed E-state index contributed by atoms with van der Waals surface area (Å²) in [6.07, 6.45) is 0. The third-order valence-corrected chi connectivity index (χ3v) is 2.29. The van der Waals surface area contributed by atoms with E-state index in [9.17, 15) is 14.4 Å². The highest BCUT2D eigenvalue weighted by Crippen LogP contribution is 2.19. The topological polar surface area (TPSA) is 105 Å². The molecule has 0 bridgehead atoms. The first-order valence-electron chi connectivity index (χ1n) is 5.47. The van der Waals surface area contributed by atoms with Gasteiger partial charge in [0.25, 0.3) is 0 Å². The molecule has 1 unspecified atom stereocenters. The van der Waals surface area contributed by atoms with Gasteiger partial charge in [0.05, 0.1) is 7.11 Å². The average Bonchev–Trinajstić information content (AvgIpc) is 2.22. The Morgan fingerprint density at radius 1 is 1.17 bits per heavy atom. The lowest BCUT2D eigenvalue weighted by molar-refractivity contribution is -0.142. The third-order valence-electron chi connectivity index (χ3n) is 2.29. The van der Waals surface area contributed by atoms with Crippen molar-refractivity contribution in [2.75, 3.05) is 7.11 Å². The second kappa shape index (κ2) is 6.23. The minimum absolute atomic E-state index is 0.604. The van der Waals surface area contributed by atoms with E-state index in [2.05, 4.69) is 15.4 Å². The number of carboxylic acid groups (broad SMARTS) is 1. The van der Waals surface area contributed by atoms with Gasteiger partial charge < -0.3 is 20.5 Å². The lowest BCUT2D eigenvalue weighted by atomic mass is 9.87. The molecule has 0 saturated heterocycles. The molecule has 2 atom stereocenters. The second-order valence-electron chi connectivity index (χ2n) is 5.00. The van der Waals surface area contributed by atoms with Crippen molar-refractivity contribution in [1.29, 1.82) is 0 Å². The number of carbonyl (C=O) groups is 3. The quantitative estimate of drug-likeness (QED) is 0.632. The van der Waals surface area contributed by atoms with Gasteiger partial charge in [-0.05, 0) is 12.3 Å². The van der Waals surface area contributed by atoms with E-state index in [0.717, 1.165) is 0 Å². The van der Waals surface area contributed by atoms with Crippen molar-refractivity contribution in [1.82, 2.24) is 10.6 Å². The molecule has 7 heteroatoms. The summed E-state index contributed by atoms with van der Waals surface area (Å²) in [5.41, 5.74) is -0.641. The Labute approximate surface area is 106 Å². The summed E-state index contributed by atoms with van der Waals surface area (Å²) in [5.74, 6) is -1.74. The highest BCUT2D eigenvalue weighted by atomic mass is 16.5. The normalized spacial score (nSPS) is 14.3. The molecule has 0 aromatic carbocycles. The maximum Gasteiger partial charge on any atom is 0.328 e. The number of hydrogen-bond acceptors (Lipinski definition) is 4. The first-order valence-corrected chi connectivity index (χ1v) is 5.47. The molecule has 0 saturated carbocycles. The summed E-state index contributed by atoms with van der Waals surface area (Å²) in [6, 6.07) is -2.62. The van der Waals surface area contributed by atoms with Crippen LogP contribution in [0.3, 0.4) is 0 Å². The van der Waals surface area contributed by atoms with Gasteiger partial charge in [0.2, 0.25) is 0 Å². The van der Waals surface area contributed by atoms with Crippen molar-refractivity contribution in [2.24, 2.45) is 5.41 Å². The molecule has 0 rings (SSSR count). The highest BCUT2D eigenvalue weighted by molar-refractivity contribution is 5.86. The number of carboxylic acids is 1. The van der Waals surface area contributed by atoms with Gasteiger partial charge >= 0.3 is 18.0 Å². The van der Waals surface area contributed by atoms with Crippen LogP contribution in [0, 0.1) is 5.41 Å². The zero-order chi connectivity index (χ0) is 14.5. The third kappa shape index (κ3) is 5.03. The van der Waals surface area contributed by atoms with Crippen LogP contribution < -0.4 is 10.6 Å². The van der Waals surface area contributed by atoms with Gasteiger partial charge in [-0.15, -0.1) is 0 Å². The predicted molar refractivity (Wildman–Crippen MR) is 64.0 cm³/mol. The number of hydrogen-bond donors (Lipinski definition) is 3. The van der Waals surface area contributed by atoms with Crippen LogP contribution in [0.4, 0.5) is 4.79 Å². The summed E-state index contributed by atoms with van der Waals surface area (Å²) < 4.78 is 4.43. The standard InChI is InChI=1S/C11H20N2O5/c1-6(9(16)18-5)12-10(17)13-7(8(14)15)11(2,3)4/h6-7H,1-5H3,(H,14,15)(H2,12,13,17)/t6?,7-/m1/s1. The number of urea groups is 1. The van der Waals surface area contributed by atoms with Gasteiger partial charge in [-0.1, -0.05) is 20.8 Å². The smallest absolute Gasteiger partial charge is 0.328 e. The molecule has 18 heavy (non-hydrogen) atoms. The van der Waals surface area contributed by atoms with Gasteiger partial charge in [-0.3, -0.25) is 0 Å². The fourth-order valence-corrected chi connectivity index (χ4v) is 1.25. The molecule has 0 spiro atoms. The van der Waals surface area contributed by atoms with Crippen LogP contribution in [-0.2, 0) is 14.3 Å². The number of carbonyl (C=O) groups excluding carboxylic acids is 2. The van der Waals surface area contributed by atoms with E-state index in [4.69, 9.17) is 5.11 Å². The lowest BCUT2D eigenvalue weighted by Gasteiger charge is -2.28. The molecule has 0 aliphatic rings. The Balaban J connectivity index is 4.54. The minimum atomic E-state index is -1.14. The van der Waals surface area contributed by atoms with Crippen molar-refractivity contribution in [3.63, 3.8) is 0 Å². The van der Waals surface area contributed by atoms with Gasteiger partial charge in [0.15, 0.2) is 0 Å². The highest BCUT2D eigenvalue weighted by Gasteiger charge is 2.33. The van der Waals surface area contributed by atoms with E-state index >= 15 is 0 Å². The molecular weight excluding hydrogens is 240 g/mol. The van der Waals surface area contributed by atoms with Crippen molar-refractivity contribution in [3.8, 4) is 0 Å². The predicted octanol–water partition coefficient (Wildman–Crippen LogP) is 0.346. The molecule has 0 aromatic heterocycles. The monoisotopic (exact) mass is 260 g/mol. The first-order chi connectivity index (χ1) is 8.09. The molecule has 0 aliphatic heterocycles. The number of aliphatic carboxylic acids is 1. The fourth-order valence-electron chi connectivity index (χ4n) is 1.25. The van der Waals surface area contributed by atoms with Crippen LogP contribution in [0.25, 0.3) is 0 Å². The van der Waals surface area contributed by atoms with E-state index in [1.807, 2.05) is 0 Å².